The number of benzene rings is 1. The molecule has 1 atom stereocenters. The number of rotatable bonds is 9. The van der Waals surface area contributed by atoms with E-state index in [0.29, 0.717) is 38.0 Å². The van der Waals surface area contributed by atoms with E-state index in [9.17, 15) is 4.79 Å². The van der Waals surface area contributed by atoms with Crippen LogP contribution in [0.5, 0.6) is 11.5 Å². The Kier molecular flexibility index (Phi) is 8.19. The molecule has 6 nitrogen and oxygen atoms in total. The summed E-state index contributed by atoms with van der Waals surface area (Å²) in [6.07, 6.45) is 2.67. The van der Waals surface area contributed by atoms with Crippen LogP contribution in [-0.2, 0) is 16.1 Å². The third-order valence-electron chi connectivity index (χ3n) is 4.72. The average molecular weight is 364 g/mol. The Morgan fingerprint density at radius 3 is 2.69 bits per heavy atom. The second-order valence-electron chi connectivity index (χ2n) is 7.21. The number of hydrogen-bond donors (Lipinski definition) is 2. The van der Waals surface area contributed by atoms with E-state index in [2.05, 4.69) is 19.2 Å². The van der Waals surface area contributed by atoms with Gasteiger partial charge in [-0.3, -0.25) is 4.79 Å². The van der Waals surface area contributed by atoms with E-state index in [0.717, 1.165) is 30.6 Å². The van der Waals surface area contributed by atoms with Crippen molar-refractivity contribution in [1.82, 2.24) is 5.32 Å². The maximum absolute atomic E-state index is 12.3. The van der Waals surface area contributed by atoms with E-state index in [1.165, 1.54) is 0 Å². The predicted molar refractivity (Wildman–Crippen MR) is 101 cm³/mol. The second-order valence-corrected chi connectivity index (χ2v) is 7.21. The van der Waals surface area contributed by atoms with Gasteiger partial charge in [-0.1, -0.05) is 19.9 Å². The molecule has 26 heavy (non-hydrogen) atoms. The lowest BCUT2D eigenvalue weighted by Gasteiger charge is -2.26. The van der Waals surface area contributed by atoms with Gasteiger partial charge in [0.05, 0.1) is 19.8 Å². The zero-order valence-electron chi connectivity index (χ0n) is 16.1. The number of ether oxygens (including phenoxy) is 3. The molecule has 1 heterocycles. The first-order valence-electron chi connectivity index (χ1n) is 9.42. The standard InChI is InChI=1S/C20H32N2O4/c1-14(2)6-11-26-17-5-4-15(12-18(17)24-3)13-22-20(23)19(21)16-7-9-25-10-8-16/h4-5,12,14,16,19H,6-11,13,21H2,1-3H3,(H,22,23). The third-order valence-corrected chi connectivity index (χ3v) is 4.72. The number of methoxy groups -OCH3 is 1. The molecule has 1 saturated heterocycles. The fraction of sp³-hybridized carbons (Fsp3) is 0.650. The van der Waals surface area contributed by atoms with Crippen molar-refractivity contribution in [3.63, 3.8) is 0 Å². The van der Waals surface area contributed by atoms with Crippen molar-refractivity contribution in [3.05, 3.63) is 23.8 Å². The van der Waals surface area contributed by atoms with Crippen LogP contribution in [0.3, 0.4) is 0 Å². The number of hydrogen-bond acceptors (Lipinski definition) is 5. The number of amides is 1. The Morgan fingerprint density at radius 1 is 1.31 bits per heavy atom. The molecule has 0 bridgehead atoms. The Bertz CT molecular complexity index is 571. The molecule has 0 saturated carbocycles. The van der Waals surface area contributed by atoms with E-state index >= 15 is 0 Å². The minimum atomic E-state index is -0.487. The van der Waals surface area contributed by atoms with Gasteiger partial charge in [0.2, 0.25) is 5.91 Å². The normalized spacial score (nSPS) is 16.3. The van der Waals surface area contributed by atoms with Crippen LogP contribution in [0.15, 0.2) is 18.2 Å². The van der Waals surface area contributed by atoms with E-state index in [-0.39, 0.29) is 11.8 Å². The minimum Gasteiger partial charge on any atom is -0.493 e. The molecule has 1 aromatic rings. The lowest BCUT2D eigenvalue weighted by molar-refractivity contribution is -0.124. The van der Waals surface area contributed by atoms with Gasteiger partial charge in [0.25, 0.3) is 0 Å². The maximum Gasteiger partial charge on any atom is 0.237 e. The fourth-order valence-corrected chi connectivity index (χ4v) is 2.94. The zero-order valence-corrected chi connectivity index (χ0v) is 16.1. The zero-order chi connectivity index (χ0) is 18.9. The van der Waals surface area contributed by atoms with Gasteiger partial charge in [-0.05, 0) is 48.8 Å². The minimum absolute atomic E-state index is 0.117. The number of nitrogens with two attached hydrogens (primary N) is 1. The monoisotopic (exact) mass is 364 g/mol. The van der Waals surface area contributed by atoms with Crippen LogP contribution in [0.25, 0.3) is 0 Å². The molecule has 0 aliphatic carbocycles. The third kappa shape index (κ3) is 6.18. The van der Waals surface area contributed by atoms with Crippen molar-refractivity contribution >= 4 is 5.91 Å². The summed E-state index contributed by atoms with van der Waals surface area (Å²) < 4.78 is 16.5. The largest absolute Gasteiger partial charge is 0.493 e. The summed E-state index contributed by atoms with van der Waals surface area (Å²) >= 11 is 0. The highest BCUT2D eigenvalue weighted by atomic mass is 16.5. The topological polar surface area (TPSA) is 82.8 Å². The maximum atomic E-state index is 12.3. The molecular weight excluding hydrogens is 332 g/mol. The average Bonchev–Trinajstić information content (AvgIpc) is 2.66. The van der Waals surface area contributed by atoms with Crippen molar-refractivity contribution in [1.29, 1.82) is 0 Å². The first kappa shape index (κ1) is 20.5. The highest BCUT2D eigenvalue weighted by molar-refractivity contribution is 5.81. The van der Waals surface area contributed by atoms with Crippen molar-refractivity contribution in [3.8, 4) is 11.5 Å². The summed E-state index contributed by atoms with van der Waals surface area (Å²) in [7, 11) is 1.62. The van der Waals surface area contributed by atoms with Crippen LogP contribution in [0, 0.1) is 11.8 Å². The van der Waals surface area contributed by atoms with Crippen LogP contribution in [-0.4, -0.2) is 38.9 Å². The molecule has 146 valence electrons. The first-order valence-corrected chi connectivity index (χ1v) is 9.42. The Labute approximate surface area is 156 Å². The smallest absolute Gasteiger partial charge is 0.237 e. The highest BCUT2D eigenvalue weighted by Gasteiger charge is 2.26. The highest BCUT2D eigenvalue weighted by Crippen LogP contribution is 2.28. The molecule has 2 rings (SSSR count). The Balaban J connectivity index is 1.87. The van der Waals surface area contributed by atoms with Gasteiger partial charge >= 0.3 is 0 Å². The fourth-order valence-electron chi connectivity index (χ4n) is 2.94. The molecule has 1 aromatic carbocycles. The molecule has 1 aliphatic rings. The molecule has 3 N–H and O–H groups in total. The van der Waals surface area contributed by atoms with Crippen molar-refractivity contribution in [2.24, 2.45) is 17.6 Å². The second kappa shape index (κ2) is 10.4. The van der Waals surface area contributed by atoms with Gasteiger partial charge in [0.1, 0.15) is 0 Å². The van der Waals surface area contributed by atoms with Crippen LogP contribution < -0.4 is 20.5 Å². The van der Waals surface area contributed by atoms with Crippen LogP contribution in [0.1, 0.15) is 38.7 Å². The van der Waals surface area contributed by atoms with Gasteiger partial charge in [-0.2, -0.15) is 0 Å². The first-order chi connectivity index (χ1) is 12.5. The van der Waals surface area contributed by atoms with E-state index in [1.54, 1.807) is 7.11 Å². The van der Waals surface area contributed by atoms with E-state index in [1.807, 2.05) is 18.2 Å². The molecule has 1 aliphatic heterocycles. The van der Waals surface area contributed by atoms with Gasteiger partial charge in [0, 0.05) is 19.8 Å². The predicted octanol–water partition coefficient (Wildman–Crippen LogP) is 2.49. The molecule has 0 radical (unpaired) electrons. The molecule has 1 fully saturated rings. The summed E-state index contributed by atoms with van der Waals surface area (Å²) in [6, 6.07) is 5.23. The van der Waals surface area contributed by atoms with Crippen molar-refractivity contribution < 1.29 is 19.0 Å². The van der Waals surface area contributed by atoms with Crippen LogP contribution in [0.4, 0.5) is 0 Å². The SMILES string of the molecule is COc1cc(CNC(=O)C(N)C2CCOCC2)ccc1OCCC(C)C. The molecule has 1 amide bonds. The lowest BCUT2D eigenvalue weighted by Crippen LogP contribution is -2.46. The van der Waals surface area contributed by atoms with Crippen molar-refractivity contribution in [2.75, 3.05) is 26.9 Å². The Hall–Kier alpha value is -1.79. The van der Waals surface area contributed by atoms with Gasteiger partial charge in [0.15, 0.2) is 11.5 Å². The van der Waals surface area contributed by atoms with Gasteiger partial charge in [-0.15, -0.1) is 0 Å². The van der Waals surface area contributed by atoms with E-state index in [4.69, 9.17) is 19.9 Å². The van der Waals surface area contributed by atoms with Gasteiger partial charge in [-0.25, -0.2) is 0 Å². The number of carbonyl (C=O) groups is 1. The summed E-state index contributed by atoms with van der Waals surface area (Å²) in [4.78, 5) is 12.3. The van der Waals surface area contributed by atoms with Crippen LogP contribution in [0.2, 0.25) is 0 Å². The summed E-state index contributed by atoms with van der Waals surface area (Å²) in [6.45, 7) is 6.76. The lowest BCUT2D eigenvalue weighted by atomic mass is 9.92. The van der Waals surface area contributed by atoms with Crippen LogP contribution >= 0.6 is 0 Å². The molecule has 0 spiro atoms. The van der Waals surface area contributed by atoms with Crippen molar-refractivity contribution in [2.45, 2.75) is 45.7 Å². The Morgan fingerprint density at radius 2 is 2.04 bits per heavy atom. The number of nitrogens with one attached hydrogen (secondary N) is 1. The summed E-state index contributed by atoms with van der Waals surface area (Å²) in [5.41, 5.74) is 7.05. The number of carbonyl (C=O) groups excluding carboxylic acids is 1. The molecular formula is C20H32N2O4. The van der Waals surface area contributed by atoms with Gasteiger partial charge < -0.3 is 25.3 Å². The molecule has 0 aromatic heterocycles. The summed E-state index contributed by atoms with van der Waals surface area (Å²) in [5.74, 6) is 2.06. The quantitative estimate of drug-likeness (QED) is 0.703. The summed E-state index contributed by atoms with van der Waals surface area (Å²) in [5, 5.41) is 2.92. The molecule has 1 unspecified atom stereocenters. The molecule has 6 heteroatoms. The van der Waals surface area contributed by atoms with E-state index < -0.39 is 6.04 Å².